The third kappa shape index (κ3) is 3.95. The van der Waals surface area contributed by atoms with Gasteiger partial charge in [0.1, 0.15) is 11.5 Å². The topological polar surface area (TPSA) is 50.4 Å². The van der Waals surface area contributed by atoms with Crippen molar-refractivity contribution in [1.29, 1.82) is 0 Å². The number of ether oxygens (including phenoxy) is 1. The van der Waals surface area contributed by atoms with Gasteiger partial charge >= 0.3 is 0 Å². The minimum absolute atomic E-state index is 0.0213. The molecule has 0 aliphatic carbocycles. The Morgan fingerprint density at radius 1 is 1.00 bits per heavy atom. The summed E-state index contributed by atoms with van der Waals surface area (Å²) in [6, 6.07) is 23.7. The molecule has 3 aromatic carbocycles. The molecule has 1 amide bonds. The summed E-state index contributed by atoms with van der Waals surface area (Å²) in [5.74, 6) is 1.53. The number of nitrogens with one attached hydrogen (secondary N) is 2. The number of fused-ring (bicyclic) bond motifs is 1. The van der Waals surface area contributed by atoms with E-state index in [1.165, 1.54) is 5.56 Å². The zero-order valence-electron chi connectivity index (χ0n) is 15.2. The van der Waals surface area contributed by atoms with E-state index in [2.05, 4.69) is 23.6 Å². The number of anilines is 2. The quantitative estimate of drug-likeness (QED) is 0.608. The molecule has 0 bridgehead atoms. The van der Waals surface area contributed by atoms with Crippen molar-refractivity contribution in [2.45, 2.75) is 25.8 Å². The normalized spacial score (nSPS) is 14.5. The number of hydrogen-bond acceptors (Lipinski definition) is 3. The minimum atomic E-state index is -0.0213. The lowest BCUT2D eigenvalue weighted by Gasteiger charge is -2.32. The van der Waals surface area contributed by atoms with Crippen LogP contribution < -0.4 is 15.4 Å². The summed E-state index contributed by atoms with van der Waals surface area (Å²) >= 11 is 0. The van der Waals surface area contributed by atoms with Crippen molar-refractivity contribution in [2.24, 2.45) is 0 Å². The van der Waals surface area contributed by atoms with E-state index in [0.29, 0.717) is 12.5 Å². The molecule has 136 valence electrons. The molecule has 1 unspecified atom stereocenters. The van der Waals surface area contributed by atoms with Gasteiger partial charge in [-0.05, 0) is 60.0 Å². The maximum absolute atomic E-state index is 12.4. The lowest BCUT2D eigenvalue weighted by Crippen LogP contribution is -2.22. The second kappa shape index (κ2) is 7.54. The van der Waals surface area contributed by atoms with Crippen LogP contribution in [0.15, 0.2) is 72.8 Å². The van der Waals surface area contributed by atoms with Gasteiger partial charge < -0.3 is 15.4 Å². The monoisotopic (exact) mass is 358 g/mol. The molecule has 0 fully saturated rings. The highest BCUT2D eigenvalue weighted by molar-refractivity contribution is 5.93. The highest BCUT2D eigenvalue weighted by Gasteiger charge is 2.23. The van der Waals surface area contributed by atoms with Crippen molar-refractivity contribution in [3.63, 3.8) is 0 Å². The van der Waals surface area contributed by atoms with Gasteiger partial charge in [-0.25, -0.2) is 0 Å². The highest BCUT2D eigenvalue weighted by atomic mass is 16.5. The fourth-order valence-electron chi connectivity index (χ4n) is 3.26. The Morgan fingerprint density at radius 3 is 2.48 bits per heavy atom. The molecule has 2 N–H and O–H groups in total. The second-order valence-corrected chi connectivity index (χ2v) is 6.69. The van der Waals surface area contributed by atoms with Gasteiger partial charge in [-0.1, -0.05) is 37.3 Å². The maximum Gasteiger partial charge on any atom is 0.228 e. The Hall–Kier alpha value is -3.27. The maximum atomic E-state index is 12.4. The molecule has 27 heavy (non-hydrogen) atoms. The summed E-state index contributed by atoms with van der Waals surface area (Å²) in [5, 5.41) is 6.38. The lowest BCUT2D eigenvalue weighted by atomic mass is 9.94. The Balaban J connectivity index is 1.35. The van der Waals surface area contributed by atoms with Crippen LogP contribution in [0.5, 0.6) is 11.5 Å². The van der Waals surface area contributed by atoms with Gasteiger partial charge in [0.15, 0.2) is 0 Å². The van der Waals surface area contributed by atoms with E-state index in [1.807, 2.05) is 66.7 Å². The van der Waals surface area contributed by atoms with Crippen LogP contribution in [0.2, 0.25) is 0 Å². The lowest BCUT2D eigenvalue weighted by molar-refractivity contribution is -0.115. The highest BCUT2D eigenvalue weighted by Crippen LogP contribution is 2.39. The minimum Gasteiger partial charge on any atom is -0.457 e. The number of para-hydroxylation sites is 1. The summed E-state index contributed by atoms with van der Waals surface area (Å²) in [7, 11) is 0. The SMILES string of the molecule is CCC1Nc2ccc(NC(=O)Cc3ccc(Oc4ccccc4)cc3)cc21. The van der Waals surface area contributed by atoms with Crippen LogP contribution in [0.25, 0.3) is 0 Å². The van der Waals surface area contributed by atoms with Crippen LogP contribution in [0.3, 0.4) is 0 Å². The van der Waals surface area contributed by atoms with Gasteiger partial charge in [-0.2, -0.15) is 0 Å². The molecule has 0 saturated carbocycles. The van der Waals surface area contributed by atoms with Crippen LogP contribution in [-0.4, -0.2) is 5.91 Å². The van der Waals surface area contributed by atoms with E-state index in [1.54, 1.807) is 0 Å². The molecule has 0 spiro atoms. The molecular formula is C23H22N2O2. The zero-order chi connectivity index (χ0) is 18.6. The van der Waals surface area contributed by atoms with Gasteiger partial charge in [0, 0.05) is 11.4 Å². The Morgan fingerprint density at radius 2 is 1.74 bits per heavy atom. The first-order valence-electron chi connectivity index (χ1n) is 9.23. The number of benzene rings is 3. The average Bonchev–Trinajstić information content (AvgIpc) is 2.67. The number of rotatable bonds is 6. The van der Waals surface area contributed by atoms with Crippen molar-refractivity contribution in [1.82, 2.24) is 0 Å². The first-order valence-corrected chi connectivity index (χ1v) is 9.23. The van der Waals surface area contributed by atoms with Crippen LogP contribution >= 0.6 is 0 Å². The standard InChI is InChI=1S/C23H22N2O2/c1-2-21-20-15-17(10-13-22(20)25-21)24-23(26)14-16-8-11-19(12-9-16)27-18-6-4-3-5-7-18/h3-13,15,21,25H,2,14H2,1H3,(H,24,26). The molecule has 1 heterocycles. The predicted molar refractivity (Wildman–Crippen MR) is 108 cm³/mol. The van der Waals surface area contributed by atoms with Crippen molar-refractivity contribution >= 4 is 17.3 Å². The van der Waals surface area contributed by atoms with Crippen LogP contribution in [0.1, 0.15) is 30.5 Å². The molecule has 0 aromatic heterocycles. The van der Waals surface area contributed by atoms with E-state index >= 15 is 0 Å². The molecule has 4 nitrogen and oxygen atoms in total. The second-order valence-electron chi connectivity index (χ2n) is 6.69. The molecule has 1 aliphatic heterocycles. The molecule has 4 rings (SSSR count). The summed E-state index contributed by atoms with van der Waals surface area (Å²) in [5.41, 5.74) is 4.24. The number of amides is 1. The molecule has 1 aliphatic rings. The molecule has 0 saturated heterocycles. The van der Waals surface area contributed by atoms with Crippen molar-refractivity contribution in [2.75, 3.05) is 10.6 Å². The number of carbonyl (C=O) groups excluding carboxylic acids is 1. The van der Waals surface area contributed by atoms with Crippen LogP contribution in [0.4, 0.5) is 11.4 Å². The van der Waals surface area contributed by atoms with Gasteiger partial charge in [-0.3, -0.25) is 4.79 Å². The van der Waals surface area contributed by atoms with Crippen LogP contribution in [-0.2, 0) is 11.2 Å². The fraction of sp³-hybridized carbons (Fsp3) is 0.174. The molecular weight excluding hydrogens is 336 g/mol. The van der Waals surface area contributed by atoms with Crippen molar-refractivity contribution in [3.05, 3.63) is 83.9 Å². The summed E-state index contributed by atoms with van der Waals surface area (Å²) in [6.07, 6.45) is 1.37. The summed E-state index contributed by atoms with van der Waals surface area (Å²) in [6.45, 7) is 2.15. The van der Waals surface area contributed by atoms with Gasteiger partial charge in [0.2, 0.25) is 5.91 Å². The van der Waals surface area contributed by atoms with Crippen LogP contribution in [0, 0.1) is 0 Å². The van der Waals surface area contributed by atoms with Crippen molar-refractivity contribution < 1.29 is 9.53 Å². The molecule has 4 heteroatoms. The smallest absolute Gasteiger partial charge is 0.228 e. The van der Waals surface area contributed by atoms with Gasteiger partial charge in [0.25, 0.3) is 0 Å². The fourth-order valence-corrected chi connectivity index (χ4v) is 3.26. The van der Waals surface area contributed by atoms with E-state index in [9.17, 15) is 4.79 Å². The third-order valence-corrected chi connectivity index (χ3v) is 4.72. The molecule has 3 aromatic rings. The predicted octanol–water partition coefficient (Wildman–Crippen LogP) is 5.54. The number of carbonyl (C=O) groups is 1. The molecule has 0 radical (unpaired) electrons. The van der Waals surface area contributed by atoms with E-state index in [4.69, 9.17) is 4.74 Å². The van der Waals surface area contributed by atoms with Gasteiger partial charge in [0.05, 0.1) is 12.5 Å². The van der Waals surface area contributed by atoms with Crippen molar-refractivity contribution in [3.8, 4) is 11.5 Å². The number of hydrogen-bond donors (Lipinski definition) is 2. The third-order valence-electron chi connectivity index (χ3n) is 4.72. The summed E-state index contributed by atoms with van der Waals surface area (Å²) in [4.78, 5) is 12.4. The largest absolute Gasteiger partial charge is 0.457 e. The van der Waals surface area contributed by atoms with E-state index in [-0.39, 0.29) is 5.91 Å². The first-order chi connectivity index (χ1) is 13.2. The average molecular weight is 358 g/mol. The van der Waals surface area contributed by atoms with E-state index < -0.39 is 0 Å². The zero-order valence-corrected chi connectivity index (χ0v) is 15.2. The Bertz CT molecular complexity index is 936. The first kappa shape index (κ1) is 17.2. The Labute approximate surface area is 159 Å². The summed E-state index contributed by atoms with van der Waals surface area (Å²) < 4.78 is 5.78. The van der Waals surface area contributed by atoms with E-state index in [0.717, 1.165) is 34.9 Å². The van der Waals surface area contributed by atoms with Gasteiger partial charge in [-0.15, -0.1) is 0 Å². The molecule has 1 atom stereocenters. The Kier molecular flexibility index (Phi) is 4.79.